The van der Waals surface area contributed by atoms with Gasteiger partial charge in [-0.3, -0.25) is 4.79 Å². The molecule has 0 fully saturated rings. The van der Waals surface area contributed by atoms with E-state index in [1.807, 2.05) is 69.0 Å². The summed E-state index contributed by atoms with van der Waals surface area (Å²) >= 11 is 0. The third-order valence-corrected chi connectivity index (χ3v) is 3.43. The van der Waals surface area contributed by atoms with Crippen LogP contribution in [0.4, 0.5) is 5.69 Å². The summed E-state index contributed by atoms with van der Waals surface area (Å²) in [5.74, 6) is 0.0672. The van der Waals surface area contributed by atoms with Crippen LogP contribution in [-0.2, 0) is 11.3 Å². The van der Waals surface area contributed by atoms with Gasteiger partial charge < -0.3 is 4.90 Å². The molecule has 1 heterocycles. The van der Waals surface area contributed by atoms with E-state index in [-0.39, 0.29) is 5.91 Å². The van der Waals surface area contributed by atoms with E-state index in [2.05, 4.69) is 24.3 Å². The number of nitrogens with zero attached hydrogens (tertiary/aromatic N) is 1. The molecule has 0 bridgehead atoms. The highest BCUT2D eigenvalue weighted by Crippen LogP contribution is 2.28. The normalized spacial score (nSPS) is 12.8. The van der Waals surface area contributed by atoms with Crippen molar-refractivity contribution >= 4 is 23.7 Å². The predicted octanol–water partition coefficient (Wildman–Crippen LogP) is 5.78. The zero-order valence-corrected chi connectivity index (χ0v) is 14.8. The Morgan fingerprint density at radius 1 is 0.826 bits per heavy atom. The number of benzene rings is 2. The maximum Gasteiger partial charge on any atom is 0.224 e. The number of hydrogen-bond acceptors (Lipinski definition) is 1. The molecule has 0 aromatic heterocycles. The van der Waals surface area contributed by atoms with Crippen molar-refractivity contribution in [2.24, 2.45) is 0 Å². The van der Waals surface area contributed by atoms with Crippen LogP contribution in [0.25, 0.3) is 12.2 Å². The number of anilines is 1. The third kappa shape index (κ3) is 4.56. The minimum Gasteiger partial charge on any atom is -0.308 e. The van der Waals surface area contributed by atoms with Crippen LogP contribution in [0.15, 0.2) is 48.5 Å². The monoisotopic (exact) mass is 309 g/mol. The second kappa shape index (κ2) is 9.62. The maximum atomic E-state index is 11.9. The van der Waals surface area contributed by atoms with E-state index in [9.17, 15) is 4.79 Å². The Balaban J connectivity index is 0.000000615. The Hall–Kier alpha value is -2.35. The molecule has 0 saturated heterocycles. The van der Waals surface area contributed by atoms with Crippen LogP contribution in [0.5, 0.6) is 0 Å². The van der Waals surface area contributed by atoms with E-state index in [0.717, 1.165) is 11.3 Å². The summed E-state index contributed by atoms with van der Waals surface area (Å²) < 4.78 is 0. The van der Waals surface area contributed by atoms with Crippen LogP contribution in [0.2, 0.25) is 0 Å². The molecule has 0 atom stereocenters. The van der Waals surface area contributed by atoms with Crippen molar-refractivity contribution in [3.63, 3.8) is 0 Å². The van der Waals surface area contributed by atoms with Crippen LogP contribution in [0, 0.1) is 0 Å². The summed E-state index contributed by atoms with van der Waals surface area (Å²) in [5.41, 5.74) is 4.39. The van der Waals surface area contributed by atoms with Gasteiger partial charge in [-0.15, -0.1) is 0 Å². The lowest BCUT2D eigenvalue weighted by atomic mass is 10.0. The molecule has 2 heteroatoms. The van der Waals surface area contributed by atoms with E-state index < -0.39 is 0 Å². The molecule has 23 heavy (non-hydrogen) atoms. The zero-order chi connectivity index (χ0) is 17.2. The van der Waals surface area contributed by atoms with E-state index in [4.69, 9.17) is 0 Å². The molecule has 122 valence electrons. The van der Waals surface area contributed by atoms with Crippen molar-refractivity contribution in [1.29, 1.82) is 0 Å². The molecule has 1 amide bonds. The average Bonchev–Trinajstić information content (AvgIpc) is 2.60. The largest absolute Gasteiger partial charge is 0.308 e. The van der Waals surface area contributed by atoms with Gasteiger partial charge in [-0.2, -0.15) is 0 Å². The molecule has 3 rings (SSSR count). The first kappa shape index (κ1) is 18.7. The summed E-state index contributed by atoms with van der Waals surface area (Å²) in [6.07, 6.45) is 4.19. The zero-order valence-electron chi connectivity index (χ0n) is 14.8. The summed E-state index contributed by atoms with van der Waals surface area (Å²) in [6.45, 7) is 10.2. The lowest BCUT2D eigenvalue weighted by molar-refractivity contribution is -0.116. The number of carbonyl (C=O) groups is 1. The van der Waals surface area contributed by atoms with Gasteiger partial charge in [0.2, 0.25) is 5.91 Å². The van der Waals surface area contributed by atoms with Crippen molar-refractivity contribution < 1.29 is 4.79 Å². The topological polar surface area (TPSA) is 20.3 Å². The molecular weight excluding hydrogens is 282 g/mol. The fraction of sp³-hybridized carbons (Fsp3) is 0.286. The lowest BCUT2D eigenvalue weighted by Crippen LogP contribution is -2.29. The Morgan fingerprint density at radius 3 is 2.00 bits per heavy atom. The van der Waals surface area contributed by atoms with E-state index in [0.29, 0.717) is 6.54 Å². The Kier molecular flexibility index (Phi) is 7.82. The van der Waals surface area contributed by atoms with Gasteiger partial charge in [-0.05, 0) is 22.8 Å². The van der Waals surface area contributed by atoms with E-state index in [1.54, 1.807) is 6.92 Å². The van der Waals surface area contributed by atoms with Crippen molar-refractivity contribution in [2.45, 2.75) is 41.2 Å². The molecule has 0 N–H and O–H groups in total. The standard InChI is InChI=1S/C17H15NO.2C2H6/c1-13(19)18-12-16-8-3-2-6-14(16)10-11-15-7-4-5-9-17(15)18;2*1-2/h2-11H,12H2,1H3;2*1-2H3/b11-10-;;. The minimum absolute atomic E-state index is 0.0672. The second-order valence-electron chi connectivity index (χ2n) is 4.70. The van der Waals surface area contributed by atoms with E-state index >= 15 is 0 Å². The van der Waals surface area contributed by atoms with Crippen molar-refractivity contribution in [1.82, 2.24) is 0 Å². The molecular formula is C21H27NO. The van der Waals surface area contributed by atoms with Crippen LogP contribution in [0.3, 0.4) is 0 Å². The van der Waals surface area contributed by atoms with Crippen LogP contribution in [0.1, 0.15) is 51.3 Å². The summed E-state index contributed by atoms with van der Waals surface area (Å²) in [7, 11) is 0. The first-order valence-electron chi connectivity index (χ1n) is 8.39. The molecule has 2 nitrogen and oxygen atoms in total. The van der Waals surface area contributed by atoms with E-state index in [1.165, 1.54) is 11.1 Å². The van der Waals surface area contributed by atoms with Gasteiger partial charge in [0.05, 0.1) is 12.2 Å². The fourth-order valence-electron chi connectivity index (χ4n) is 2.43. The van der Waals surface area contributed by atoms with Gasteiger partial charge in [0.15, 0.2) is 0 Å². The van der Waals surface area contributed by atoms with Crippen molar-refractivity contribution in [3.8, 4) is 0 Å². The second-order valence-corrected chi connectivity index (χ2v) is 4.70. The van der Waals surface area contributed by atoms with Crippen LogP contribution in [-0.4, -0.2) is 5.91 Å². The molecule has 1 aliphatic heterocycles. The predicted molar refractivity (Wildman–Crippen MR) is 101 cm³/mol. The molecule has 0 radical (unpaired) electrons. The highest BCUT2D eigenvalue weighted by atomic mass is 16.2. The molecule has 2 aromatic rings. The average molecular weight is 309 g/mol. The molecule has 0 saturated carbocycles. The highest BCUT2D eigenvalue weighted by Gasteiger charge is 2.17. The number of amides is 1. The highest BCUT2D eigenvalue weighted by molar-refractivity contribution is 5.95. The SMILES string of the molecule is CC.CC.CC(=O)N1Cc2ccccc2/C=C\c2ccccc21. The van der Waals surface area contributed by atoms with Crippen molar-refractivity contribution in [3.05, 3.63) is 65.2 Å². The van der Waals surface area contributed by atoms with Crippen LogP contribution < -0.4 is 4.90 Å². The third-order valence-electron chi connectivity index (χ3n) is 3.43. The maximum absolute atomic E-state index is 11.9. The Bertz CT molecular complexity index is 658. The first-order chi connectivity index (χ1) is 11.3. The van der Waals surface area contributed by atoms with Gasteiger partial charge in [0, 0.05) is 6.92 Å². The number of carbonyl (C=O) groups excluding carboxylic acids is 1. The summed E-state index contributed by atoms with van der Waals surface area (Å²) in [5, 5.41) is 0. The minimum atomic E-state index is 0.0672. The summed E-state index contributed by atoms with van der Waals surface area (Å²) in [4.78, 5) is 13.8. The van der Waals surface area contributed by atoms with Crippen molar-refractivity contribution in [2.75, 3.05) is 4.90 Å². The van der Waals surface area contributed by atoms with Gasteiger partial charge in [-0.1, -0.05) is 82.3 Å². The molecule has 2 aromatic carbocycles. The van der Waals surface area contributed by atoms with Gasteiger partial charge in [0.25, 0.3) is 0 Å². The molecule has 0 unspecified atom stereocenters. The quantitative estimate of drug-likeness (QED) is 0.604. The van der Waals surface area contributed by atoms with Gasteiger partial charge in [-0.25, -0.2) is 0 Å². The lowest BCUT2D eigenvalue weighted by Gasteiger charge is -2.25. The number of para-hydroxylation sites is 1. The smallest absolute Gasteiger partial charge is 0.224 e. The number of hydrogen-bond donors (Lipinski definition) is 0. The number of rotatable bonds is 0. The molecule has 1 aliphatic rings. The van der Waals surface area contributed by atoms with Gasteiger partial charge in [0.1, 0.15) is 0 Å². The summed E-state index contributed by atoms with van der Waals surface area (Å²) in [6, 6.07) is 16.2. The Morgan fingerprint density at radius 2 is 1.35 bits per heavy atom. The Labute approximate surface area is 140 Å². The van der Waals surface area contributed by atoms with Crippen LogP contribution >= 0.6 is 0 Å². The first-order valence-corrected chi connectivity index (χ1v) is 8.39. The number of fused-ring (bicyclic) bond motifs is 2. The molecule has 0 aliphatic carbocycles. The molecule has 0 spiro atoms. The van der Waals surface area contributed by atoms with Gasteiger partial charge >= 0.3 is 0 Å². The fourth-order valence-corrected chi connectivity index (χ4v) is 2.43.